The number of ketones is 1. The average molecular weight is 386 g/mol. The first-order valence-electron chi connectivity index (χ1n) is 8.59. The number of carbonyl (C=O) groups excluding carboxylic acids is 1. The molecule has 0 bridgehead atoms. The lowest BCUT2D eigenvalue weighted by Crippen LogP contribution is -2.04. The third kappa shape index (κ3) is 3.83. The zero-order valence-electron chi connectivity index (χ0n) is 15.0. The molecule has 0 unspecified atom stereocenters. The van der Waals surface area contributed by atoms with E-state index >= 15 is 0 Å². The van der Waals surface area contributed by atoms with E-state index in [1.54, 1.807) is 61.1 Å². The Balaban J connectivity index is 1.62. The number of hydrogen-bond donors (Lipinski definition) is 1. The Hall–Kier alpha value is -4.40. The van der Waals surface area contributed by atoms with Crippen LogP contribution in [-0.2, 0) is 0 Å². The van der Waals surface area contributed by atoms with E-state index in [4.69, 9.17) is 0 Å². The summed E-state index contributed by atoms with van der Waals surface area (Å²) < 4.78 is 1.45. The van der Waals surface area contributed by atoms with Gasteiger partial charge in [0.15, 0.2) is 5.78 Å². The highest BCUT2D eigenvalue weighted by molar-refractivity contribution is 6.09. The number of benzene rings is 2. The molecule has 0 aliphatic heterocycles. The first-order chi connectivity index (χ1) is 14.1. The van der Waals surface area contributed by atoms with E-state index in [1.807, 2.05) is 0 Å². The van der Waals surface area contributed by atoms with Crippen LogP contribution in [-0.4, -0.2) is 30.5 Å². The van der Waals surface area contributed by atoms with Crippen molar-refractivity contribution in [2.75, 3.05) is 5.32 Å². The number of nitrogens with one attached hydrogen (secondary N) is 1. The topological polar surface area (TPSA) is 116 Å². The largest absolute Gasteiger partial charge is 0.347 e. The molecular formula is C20H14N6O3. The van der Waals surface area contributed by atoms with E-state index < -0.39 is 4.92 Å². The molecule has 9 nitrogen and oxygen atoms in total. The number of carbonyl (C=O) groups is 1. The molecule has 0 aliphatic rings. The summed E-state index contributed by atoms with van der Waals surface area (Å²) in [6, 6.07) is 14.6. The van der Waals surface area contributed by atoms with Crippen LogP contribution in [0.4, 0.5) is 17.1 Å². The van der Waals surface area contributed by atoms with Crippen LogP contribution < -0.4 is 5.32 Å². The molecule has 4 rings (SSSR count). The van der Waals surface area contributed by atoms with Crippen molar-refractivity contribution in [3.63, 3.8) is 0 Å². The van der Waals surface area contributed by atoms with Crippen LogP contribution in [0, 0.1) is 10.1 Å². The highest BCUT2D eigenvalue weighted by atomic mass is 16.6. The van der Waals surface area contributed by atoms with Crippen molar-refractivity contribution >= 4 is 22.8 Å². The standard InChI is InChI=1S/C20H14N6O3/c27-19(14-5-2-1-3-6-14)15-7-8-17(18(11-15)26(28)29)24-16-12-23-25(13-16)20-21-9-4-10-22-20/h1-13,24H. The first-order valence-corrected chi connectivity index (χ1v) is 8.59. The van der Waals surface area contributed by atoms with Crippen molar-refractivity contribution < 1.29 is 9.72 Å². The summed E-state index contributed by atoms with van der Waals surface area (Å²) in [5.41, 5.74) is 1.25. The maximum Gasteiger partial charge on any atom is 0.293 e. The number of anilines is 2. The molecule has 0 saturated carbocycles. The molecule has 1 N–H and O–H groups in total. The molecule has 29 heavy (non-hydrogen) atoms. The molecule has 0 fully saturated rings. The maximum atomic E-state index is 12.6. The van der Waals surface area contributed by atoms with Crippen molar-refractivity contribution in [1.29, 1.82) is 0 Å². The lowest BCUT2D eigenvalue weighted by atomic mass is 10.0. The highest BCUT2D eigenvalue weighted by Gasteiger charge is 2.19. The summed E-state index contributed by atoms with van der Waals surface area (Å²) in [4.78, 5) is 31.8. The van der Waals surface area contributed by atoms with Crippen LogP contribution in [0.5, 0.6) is 0 Å². The molecule has 0 aliphatic carbocycles. The number of rotatable bonds is 6. The van der Waals surface area contributed by atoms with Gasteiger partial charge in [-0.15, -0.1) is 0 Å². The van der Waals surface area contributed by atoms with Crippen molar-refractivity contribution in [1.82, 2.24) is 19.7 Å². The molecule has 2 aromatic heterocycles. The molecule has 4 aromatic rings. The predicted molar refractivity (Wildman–Crippen MR) is 105 cm³/mol. The molecule has 2 aromatic carbocycles. The second-order valence-corrected chi connectivity index (χ2v) is 6.03. The Morgan fingerprint density at radius 3 is 2.48 bits per heavy atom. The SMILES string of the molecule is O=C(c1ccccc1)c1ccc(Nc2cnn(-c3ncccn3)c2)c([N+](=O)[O-])c1. The van der Waals surface area contributed by atoms with E-state index in [0.717, 1.165) is 0 Å². The van der Waals surface area contributed by atoms with Gasteiger partial charge in [0.05, 0.1) is 23.0 Å². The zero-order valence-corrected chi connectivity index (χ0v) is 15.0. The highest BCUT2D eigenvalue weighted by Crippen LogP contribution is 2.29. The molecule has 0 saturated heterocycles. The fourth-order valence-corrected chi connectivity index (χ4v) is 2.75. The van der Waals surface area contributed by atoms with Crippen LogP contribution in [0.1, 0.15) is 15.9 Å². The van der Waals surface area contributed by atoms with Gasteiger partial charge in [0, 0.05) is 29.6 Å². The predicted octanol–water partition coefficient (Wildman–Crippen LogP) is 3.55. The number of nitrogens with zero attached hydrogens (tertiary/aromatic N) is 5. The summed E-state index contributed by atoms with van der Waals surface area (Å²) in [6.07, 6.45) is 6.29. The van der Waals surface area contributed by atoms with Crippen molar-refractivity contribution in [3.05, 3.63) is 101 Å². The second-order valence-electron chi connectivity index (χ2n) is 6.03. The van der Waals surface area contributed by atoms with Gasteiger partial charge in [-0.05, 0) is 18.2 Å². The summed E-state index contributed by atoms with van der Waals surface area (Å²) in [6.45, 7) is 0. The minimum Gasteiger partial charge on any atom is -0.347 e. The minimum atomic E-state index is -0.533. The molecular weight excluding hydrogens is 372 g/mol. The van der Waals surface area contributed by atoms with Gasteiger partial charge in [-0.25, -0.2) is 14.6 Å². The maximum absolute atomic E-state index is 12.6. The van der Waals surface area contributed by atoms with Crippen LogP contribution in [0.25, 0.3) is 5.95 Å². The Labute approximate surface area is 164 Å². The molecule has 0 atom stereocenters. The van der Waals surface area contributed by atoms with Crippen LogP contribution in [0.15, 0.2) is 79.4 Å². The first kappa shape index (κ1) is 18.0. The summed E-state index contributed by atoms with van der Waals surface area (Å²) in [5, 5.41) is 18.7. The van der Waals surface area contributed by atoms with E-state index in [1.165, 1.54) is 23.0 Å². The molecule has 0 amide bonds. The normalized spacial score (nSPS) is 10.5. The number of nitro groups is 1. The van der Waals surface area contributed by atoms with Gasteiger partial charge < -0.3 is 5.32 Å². The van der Waals surface area contributed by atoms with E-state index in [-0.39, 0.29) is 22.7 Å². The monoisotopic (exact) mass is 386 g/mol. The van der Waals surface area contributed by atoms with Crippen LogP contribution in [0.2, 0.25) is 0 Å². The Kier molecular flexibility index (Phi) is 4.77. The van der Waals surface area contributed by atoms with Crippen molar-refractivity contribution in [2.24, 2.45) is 0 Å². The fraction of sp³-hybridized carbons (Fsp3) is 0. The molecule has 2 heterocycles. The quantitative estimate of drug-likeness (QED) is 0.306. The molecule has 9 heteroatoms. The Morgan fingerprint density at radius 1 is 1.00 bits per heavy atom. The van der Waals surface area contributed by atoms with Gasteiger partial charge in [0.2, 0.25) is 5.95 Å². The summed E-state index contributed by atoms with van der Waals surface area (Å²) >= 11 is 0. The van der Waals surface area contributed by atoms with Gasteiger partial charge in [-0.3, -0.25) is 14.9 Å². The molecule has 0 radical (unpaired) electrons. The Morgan fingerprint density at radius 2 is 1.76 bits per heavy atom. The van der Waals surface area contributed by atoms with Crippen molar-refractivity contribution in [3.8, 4) is 5.95 Å². The number of aromatic nitrogens is 4. The van der Waals surface area contributed by atoms with E-state index in [0.29, 0.717) is 17.2 Å². The third-order valence-corrected chi connectivity index (χ3v) is 4.11. The third-order valence-electron chi connectivity index (χ3n) is 4.11. The molecule has 0 spiro atoms. The van der Waals surface area contributed by atoms with Crippen LogP contribution >= 0.6 is 0 Å². The number of nitro benzene ring substituents is 1. The average Bonchev–Trinajstić information content (AvgIpc) is 3.23. The van der Waals surface area contributed by atoms with Gasteiger partial charge in [-0.2, -0.15) is 5.10 Å². The van der Waals surface area contributed by atoms with Gasteiger partial charge >= 0.3 is 0 Å². The van der Waals surface area contributed by atoms with E-state index in [9.17, 15) is 14.9 Å². The lowest BCUT2D eigenvalue weighted by Gasteiger charge is -2.07. The van der Waals surface area contributed by atoms with Gasteiger partial charge in [0.25, 0.3) is 5.69 Å². The van der Waals surface area contributed by atoms with Gasteiger partial charge in [-0.1, -0.05) is 30.3 Å². The second kappa shape index (κ2) is 7.69. The van der Waals surface area contributed by atoms with E-state index in [2.05, 4.69) is 20.4 Å². The Bertz CT molecular complexity index is 1180. The van der Waals surface area contributed by atoms with Gasteiger partial charge in [0.1, 0.15) is 5.69 Å². The van der Waals surface area contributed by atoms with Crippen LogP contribution in [0.3, 0.4) is 0 Å². The number of hydrogen-bond acceptors (Lipinski definition) is 7. The zero-order chi connectivity index (χ0) is 20.2. The summed E-state index contributed by atoms with van der Waals surface area (Å²) in [5.74, 6) is 0.0909. The fourth-order valence-electron chi connectivity index (χ4n) is 2.75. The minimum absolute atomic E-state index is 0.213. The molecule has 142 valence electrons. The van der Waals surface area contributed by atoms with Crippen molar-refractivity contribution in [2.45, 2.75) is 0 Å². The smallest absolute Gasteiger partial charge is 0.293 e. The summed E-state index contributed by atoms with van der Waals surface area (Å²) in [7, 11) is 0. The lowest BCUT2D eigenvalue weighted by molar-refractivity contribution is -0.383.